The van der Waals surface area contributed by atoms with Crippen LogP contribution in [0.5, 0.6) is 0 Å². The third-order valence-electron chi connectivity index (χ3n) is 7.49. The molecule has 5 rings (SSSR count). The molecule has 2 heterocycles. The van der Waals surface area contributed by atoms with Gasteiger partial charge in [0.15, 0.2) is 0 Å². The van der Waals surface area contributed by atoms with Gasteiger partial charge in [-0.25, -0.2) is 9.78 Å². The highest BCUT2D eigenvalue weighted by atomic mass is 16.7. The van der Waals surface area contributed by atoms with Crippen molar-refractivity contribution in [2.75, 3.05) is 18.9 Å². The van der Waals surface area contributed by atoms with E-state index >= 15 is 0 Å². The first-order valence-electron chi connectivity index (χ1n) is 12.5. The van der Waals surface area contributed by atoms with Crippen molar-refractivity contribution >= 4 is 25.1 Å². The van der Waals surface area contributed by atoms with Crippen LogP contribution in [0.3, 0.4) is 0 Å². The fourth-order valence-electron chi connectivity index (χ4n) is 4.79. The first-order chi connectivity index (χ1) is 17.6. The average Bonchev–Trinajstić information content (AvgIpc) is 3.29. The maximum absolute atomic E-state index is 12.8. The van der Waals surface area contributed by atoms with Crippen LogP contribution in [0.2, 0.25) is 0 Å². The molecule has 1 saturated heterocycles. The van der Waals surface area contributed by atoms with Crippen LogP contribution < -0.4 is 11.1 Å². The van der Waals surface area contributed by atoms with Crippen molar-refractivity contribution in [3.8, 4) is 11.1 Å². The van der Waals surface area contributed by atoms with Crippen molar-refractivity contribution in [1.82, 2.24) is 10.3 Å². The molecule has 7 nitrogen and oxygen atoms in total. The number of amides is 1. The molecule has 1 aliphatic carbocycles. The maximum Gasteiger partial charge on any atom is 0.492 e. The Labute approximate surface area is 218 Å². The van der Waals surface area contributed by atoms with Crippen molar-refractivity contribution < 1.29 is 18.8 Å². The Morgan fingerprint density at radius 2 is 1.62 bits per heavy atom. The molecule has 1 aliphatic heterocycles. The number of nitrogen functional groups attached to an aromatic ring is 1. The minimum Gasteiger partial charge on any atom is -0.449 e. The Kier molecular flexibility index (Phi) is 6.56. The molecule has 3 aromatic rings. The molecule has 0 saturated carbocycles. The summed E-state index contributed by atoms with van der Waals surface area (Å²) in [6, 6.07) is 20.1. The molecule has 2 aromatic carbocycles. The lowest BCUT2D eigenvalue weighted by Crippen LogP contribution is -2.41. The summed E-state index contributed by atoms with van der Waals surface area (Å²) in [7, 11) is -0.631. The van der Waals surface area contributed by atoms with Crippen LogP contribution in [-0.4, -0.2) is 42.5 Å². The number of carbonyl (C=O) groups is 1. The monoisotopic (exact) mass is 497 g/mol. The number of anilines is 1. The second-order valence-corrected chi connectivity index (χ2v) is 10.5. The van der Waals surface area contributed by atoms with Crippen molar-refractivity contribution in [1.29, 1.82) is 0 Å². The van der Waals surface area contributed by atoms with E-state index in [0.717, 1.165) is 11.0 Å². The van der Waals surface area contributed by atoms with Gasteiger partial charge in [0.2, 0.25) is 0 Å². The van der Waals surface area contributed by atoms with E-state index in [1.807, 2.05) is 64.1 Å². The van der Waals surface area contributed by atoms with E-state index in [1.165, 1.54) is 22.3 Å². The van der Waals surface area contributed by atoms with E-state index in [0.29, 0.717) is 5.82 Å². The molecule has 2 aliphatic rings. The zero-order valence-corrected chi connectivity index (χ0v) is 21.7. The number of hydrogen-bond acceptors (Lipinski definition) is 6. The highest BCUT2D eigenvalue weighted by Gasteiger charge is 2.52. The van der Waals surface area contributed by atoms with Crippen LogP contribution in [0.1, 0.15) is 50.3 Å². The number of benzene rings is 2. The number of alkyl carbamates (subject to hydrolysis) is 1. The molecule has 0 atom stereocenters. The quantitative estimate of drug-likeness (QED) is 0.454. The van der Waals surface area contributed by atoms with Crippen molar-refractivity contribution in [3.05, 3.63) is 89.0 Å². The number of nitrogens with two attached hydrogens (primary N) is 1. The van der Waals surface area contributed by atoms with Crippen LogP contribution in [0.15, 0.2) is 72.3 Å². The lowest BCUT2D eigenvalue weighted by atomic mass is 9.77. The molecule has 1 aromatic heterocycles. The van der Waals surface area contributed by atoms with Gasteiger partial charge in [-0.05, 0) is 73.1 Å². The molecule has 8 heteroatoms. The topological polar surface area (TPSA) is 95.7 Å². The molecule has 190 valence electrons. The third kappa shape index (κ3) is 4.99. The number of carbonyl (C=O) groups excluding carboxylic acids is 1. The highest BCUT2D eigenvalue weighted by molar-refractivity contribution is 6.56. The van der Waals surface area contributed by atoms with Gasteiger partial charge >= 0.3 is 13.2 Å². The minimum atomic E-state index is -0.631. The van der Waals surface area contributed by atoms with Gasteiger partial charge in [-0.3, -0.25) is 0 Å². The van der Waals surface area contributed by atoms with Crippen LogP contribution in [0.25, 0.3) is 17.2 Å². The van der Waals surface area contributed by atoms with Gasteiger partial charge in [0.25, 0.3) is 0 Å². The molecular formula is C29H32BN3O4. The van der Waals surface area contributed by atoms with Gasteiger partial charge in [0.1, 0.15) is 12.4 Å². The number of nitrogens with one attached hydrogen (secondary N) is 1. The fourth-order valence-corrected chi connectivity index (χ4v) is 4.79. The summed E-state index contributed by atoms with van der Waals surface area (Å²) in [5.74, 6) is 0.405. The van der Waals surface area contributed by atoms with Gasteiger partial charge in [-0.2, -0.15) is 0 Å². The second-order valence-electron chi connectivity index (χ2n) is 10.5. The third-order valence-corrected chi connectivity index (χ3v) is 7.49. The lowest BCUT2D eigenvalue weighted by molar-refractivity contribution is 0.00578. The lowest BCUT2D eigenvalue weighted by Gasteiger charge is -2.32. The molecular weight excluding hydrogens is 465 g/mol. The summed E-state index contributed by atoms with van der Waals surface area (Å²) in [5.41, 5.74) is 11.1. The molecule has 1 fully saturated rings. The normalized spacial score (nSPS) is 17.8. The molecule has 1 amide bonds. The Hall–Kier alpha value is -3.62. The van der Waals surface area contributed by atoms with Crippen molar-refractivity contribution in [2.45, 2.75) is 44.8 Å². The van der Waals surface area contributed by atoms with Gasteiger partial charge in [0.05, 0.1) is 11.2 Å². The Bertz CT molecular complexity index is 1290. The predicted octanol–water partition coefficient (Wildman–Crippen LogP) is 5.22. The van der Waals surface area contributed by atoms with Crippen LogP contribution in [0, 0.1) is 0 Å². The van der Waals surface area contributed by atoms with Crippen molar-refractivity contribution in [3.63, 3.8) is 0 Å². The fraction of sp³-hybridized carbons (Fsp3) is 0.310. The Morgan fingerprint density at radius 1 is 1.03 bits per heavy atom. The van der Waals surface area contributed by atoms with Crippen LogP contribution in [-0.2, 0) is 14.0 Å². The molecule has 0 bridgehead atoms. The zero-order chi connectivity index (χ0) is 26.2. The number of aromatic nitrogens is 1. The molecule has 3 N–H and O–H groups in total. The van der Waals surface area contributed by atoms with E-state index in [1.54, 1.807) is 12.3 Å². The number of nitrogens with zero attached hydrogens (tertiary/aromatic N) is 1. The number of ether oxygens (including phenoxy) is 1. The predicted molar refractivity (Wildman–Crippen MR) is 146 cm³/mol. The number of fused-ring (bicyclic) bond motifs is 3. The molecule has 0 radical (unpaired) electrons. The summed E-state index contributed by atoms with van der Waals surface area (Å²) in [4.78, 5) is 16.9. The van der Waals surface area contributed by atoms with Gasteiger partial charge in [-0.15, -0.1) is 0 Å². The van der Waals surface area contributed by atoms with E-state index in [9.17, 15) is 4.79 Å². The largest absolute Gasteiger partial charge is 0.492 e. The summed E-state index contributed by atoms with van der Waals surface area (Å²) in [6.45, 7) is 8.41. The minimum absolute atomic E-state index is 0.00365. The van der Waals surface area contributed by atoms with Crippen LogP contribution >= 0.6 is 0 Å². The summed E-state index contributed by atoms with van der Waals surface area (Å²) in [5, 5.41) is 2.88. The second kappa shape index (κ2) is 9.69. The Morgan fingerprint density at radius 3 is 2.22 bits per heavy atom. The van der Waals surface area contributed by atoms with E-state index in [2.05, 4.69) is 34.6 Å². The number of pyridine rings is 1. The summed E-state index contributed by atoms with van der Waals surface area (Å²) < 4.78 is 18.2. The standard InChI is InChI=1S/C29H32BN3O4/c1-28(2)29(3,4)37-30(36-28)20(15-19-13-14-32-26(31)16-19)17-33-27(34)35-18-25-23-11-7-5-9-21(23)22-10-6-8-12-24(22)25/h5-16,25H,17-18H2,1-4H3,(H2,31,32)(H,33,34). The maximum atomic E-state index is 12.8. The summed E-state index contributed by atoms with van der Waals surface area (Å²) >= 11 is 0. The number of rotatable bonds is 6. The van der Waals surface area contributed by atoms with Crippen LogP contribution in [0.4, 0.5) is 10.6 Å². The van der Waals surface area contributed by atoms with E-state index < -0.39 is 24.4 Å². The highest BCUT2D eigenvalue weighted by Crippen LogP contribution is 2.44. The van der Waals surface area contributed by atoms with Gasteiger partial charge < -0.3 is 25.1 Å². The SMILES string of the molecule is CC1(C)OB(C(=Cc2ccnc(N)c2)CNC(=O)OCC2c3ccccc3-c3ccccc32)OC1(C)C. The molecule has 0 spiro atoms. The zero-order valence-electron chi connectivity index (χ0n) is 21.7. The number of hydrogen-bond donors (Lipinski definition) is 2. The average molecular weight is 497 g/mol. The van der Waals surface area contributed by atoms with Crippen molar-refractivity contribution in [2.24, 2.45) is 0 Å². The van der Waals surface area contributed by atoms with E-state index in [4.69, 9.17) is 19.8 Å². The summed E-state index contributed by atoms with van der Waals surface area (Å²) in [6.07, 6.45) is 3.05. The Balaban J connectivity index is 1.29. The van der Waals surface area contributed by atoms with Gasteiger partial charge in [-0.1, -0.05) is 54.6 Å². The first kappa shape index (κ1) is 25.1. The molecule has 37 heavy (non-hydrogen) atoms. The molecule has 0 unspecified atom stereocenters. The smallest absolute Gasteiger partial charge is 0.449 e. The van der Waals surface area contributed by atoms with E-state index in [-0.39, 0.29) is 19.1 Å². The first-order valence-corrected chi connectivity index (χ1v) is 12.5. The van der Waals surface area contributed by atoms with Gasteiger partial charge in [0, 0.05) is 18.7 Å².